The summed E-state index contributed by atoms with van der Waals surface area (Å²) in [4.78, 5) is 0. The highest BCUT2D eigenvalue weighted by molar-refractivity contribution is 5.27. The lowest BCUT2D eigenvalue weighted by atomic mass is 9.64. The molecule has 0 aromatic heterocycles. The Morgan fingerprint density at radius 3 is 2.00 bits per heavy atom. The molecule has 76 valence electrons. The molecule has 0 spiro atoms. The van der Waals surface area contributed by atoms with E-state index in [4.69, 9.17) is 0 Å². The molecular formula is C13H24. The van der Waals surface area contributed by atoms with Gasteiger partial charge in [0, 0.05) is 0 Å². The topological polar surface area (TPSA) is 0 Å². The first-order chi connectivity index (χ1) is 5.75. The molecule has 13 heavy (non-hydrogen) atoms. The number of hydrogen-bond acceptors (Lipinski definition) is 0. The van der Waals surface area contributed by atoms with E-state index in [9.17, 15) is 0 Å². The van der Waals surface area contributed by atoms with Crippen molar-refractivity contribution in [3.05, 3.63) is 11.1 Å². The Bertz CT molecular complexity index is 223. The summed E-state index contributed by atoms with van der Waals surface area (Å²) in [5, 5.41) is 0. The maximum absolute atomic E-state index is 2.40. The number of hydrogen-bond donors (Lipinski definition) is 0. The van der Waals surface area contributed by atoms with Crippen LogP contribution in [-0.4, -0.2) is 0 Å². The highest BCUT2D eigenvalue weighted by Crippen LogP contribution is 2.48. The predicted molar refractivity (Wildman–Crippen MR) is 59.8 cm³/mol. The molecule has 0 N–H and O–H groups in total. The van der Waals surface area contributed by atoms with Crippen LogP contribution < -0.4 is 0 Å². The Hall–Kier alpha value is -0.260. The van der Waals surface area contributed by atoms with Gasteiger partial charge in [-0.3, -0.25) is 0 Å². The highest BCUT2D eigenvalue weighted by atomic mass is 14.4. The summed E-state index contributed by atoms with van der Waals surface area (Å²) in [6.07, 6.45) is 4.05. The van der Waals surface area contributed by atoms with Crippen LogP contribution in [0.3, 0.4) is 0 Å². The third-order valence-electron chi connectivity index (χ3n) is 3.21. The molecule has 0 aromatic carbocycles. The fourth-order valence-corrected chi connectivity index (χ4v) is 3.28. The van der Waals surface area contributed by atoms with Crippen molar-refractivity contribution in [2.75, 3.05) is 0 Å². The standard InChI is InChI=1S/C13H24/c1-10-8-7-9-13(5,6)11(10)12(2,3)4/h7-9H2,1-6H3. The van der Waals surface area contributed by atoms with Crippen LogP contribution in [0.2, 0.25) is 0 Å². The Morgan fingerprint density at radius 1 is 1.15 bits per heavy atom. The molecule has 0 aromatic rings. The second kappa shape index (κ2) is 3.15. The van der Waals surface area contributed by atoms with E-state index in [0.717, 1.165) is 0 Å². The van der Waals surface area contributed by atoms with E-state index in [0.29, 0.717) is 10.8 Å². The van der Waals surface area contributed by atoms with Gasteiger partial charge in [0.25, 0.3) is 0 Å². The first-order valence-corrected chi connectivity index (χ1v) is 5.46. The summed E-state index contributed by atoms with van der Waals surface area (Å²) in [7, 11) is 0. The van der Waals surface area contributed by atoms with Gasteiger partial charge in [-0.05, 0) is 37.0 Å². The molecule has 0 saturated carbocycles. The lowest BCUT2D eigenvalue weighted by Gasteiger charge is -2.42. The van der Waals surface area contributed by atoms with Crippen molar-refractivity contribution >= 4 is 0 Å². The Balaban J connectivity index is 3.13. The zero-order chi connectivity index (χ0) is 10.3. The zero-order valence-electron chi connectivity index (χ0n) is 10.1. The highest BCUT2D eigenvalue weighted by Gasteiger charge is 2.35. The average molecular weight is 180 g/mol. The van der Waals surface area contributed by atoms with Crippen LogP contribution in [-0.2, 0) is 0 Å². The SMILES string of the molecule is CC1=C(C(C)(C)C)C(C)(C)CCC1. The van der Waals surface area contributed by atoms with Gasteiger partial charge in [0.2, 0.25) is 0 Å². The van der Waals surface area contributed by atoms with Gasteiger partial charge in [-0.15, -0.1) is 0 Å². The van der Waals surface area contributed by atoms with Crippen molar-refractivity contribution in [2.24, 2.45) is 10.8 Å². The molecule has 0 heterocycles. The van der Waals surface area contributed by atoms with E-state index < -0.39 is 0 Å². The molecule has 0 amide bonds. The zero-order valence-corrected chi connectivity index (χ0v) is 10.1. The fraction of sp³-hybridized carbons (Fsp3) is 0.846. The van der Waals surface area contributed by atoms with E-state index in [1.165, 1.54) is 19.3 Å². The minimum Gasteiger partial charge on any atom is -0.0730 e. The maximum Gasteiger partial charge on any atom is -0.0137 e. The van der Waals surface area contributed by atoms with Crippen molar-refractivity contribution in [1.29, 1.82) is 0 Å². The Labute approximate surface area is 83.4 Å². The normalized spacial score (nSPS) is 23.5. The van der Waals surface area contributed by atoms with E-state index >= 15 is 0 Å². The fourth-order valence-electron chi connectivity index (χ4n) is 3.28. The van der Waals surface area contributed by atoms with Crippen LogP contribution in [0, 0.1) is 10.8 Å². The third kappa shape index (κ3) is 2.15. The maximum atomic E-state index is 2.40. The van der Waals surface area contributed by atoms with Crippen LogP contribution >= 0.6 is 0 Å². The van der Waals surface area contributed by atoms with Gasteiger partial charge in [-0.1, -0.05) is 45.8 Å². The Morgan fingerprint density at radius 2 is 1.69 bits per heavy atom. The molecule has 1 aliphatic carbocycles. The van der Waals surface area contributed by atoms with Crippen LogP contribution in [0.25, 0.3) is 0 Å². The lowest BCUT2D eigenvalue weighted by molar-refractivity contribution is 0.286. The summed E-state index contributed by atoms with van der Waals surface area (Å²) in [5.41, 5.74) is 4.13. The van der Waals surface area contributed by atoms with E-state index in [-0.39, 0.29) is 0 Å². The van der Waals surface area contributed by atoms with Crippen molar-refractivity contribution < 1.29 is 0 Å². The van der Waals surface area contributed by atoms with Gasteiger partial charge in [-0.25, -0.2) is 0 Å². The van der Waals surface area contributed by atoms with Crippen LogP contribution in [0.15, 0.2) is 11.1 Å². The van der Waals surface area contributed by atoms with Crippen LogP contribution in [0.1, 0.15) is 60.8 Å². The number of allylic oxidation sites excluding steroid dienone is 2. The van der Waals surface area contributed by atoms with E-state index in [1.807, 2.05) is 0 Å². The minimum atomic E-state index is 0.355. The van der Waals surface area contributed by atoms with E-state index in [1.54, 1.807) is 11.1 Å². The van der Waals surface area contributed by atoms with Crippen molar-refractivity contribution in [3.8, 4) is 0 Å². The monoisotopic (exact) mass is 180 g/mol. The summed E-state index contributed by atoms with van der Waals surface area (Å²) in [5.74, 6) is 0. The molecule has 0 saturated heterocycles. The predicted octanol–water partition coefficient (Wildman–Crippen LogP) is 4.56. The largest absolute Gasteiger partial charge is 0.0730 e. The van der Waals surface area contributed by atoms with Gasteiger partial charge in [0.1, 0.15) is 0 Å². The first kappa shape index (κ1) is 10.8. The van der Waals surface area contributed by atoms with Crippen LogP contribution in [0.5, 0.6) is 0 Å². The molecule has 0 bridgehead atoms. The smallest absolute Gasteiger partial charge is 0.0137 e. The summed E-state index contributed by atoms with van der Waals surface area (Å²) in [6.45, 7) is 14.2. The second-order valence-electron chi connectivity index (χ2n) is 6.14. The van der Waals surface area contributed by atoms with Crippen molar-refractivity contribution in [1.82, 2.24) is 0 Å². The molecule has 1 aliphatic rings. The van der Waals surface area contributed by atoms with Crippen molar-refractivity contribution in [3.63, 3.8) is 0 Å². The molecule has 0 nitrogen and oxygen atoms in total. The molecule has 0 unspecified atom stereocenters. The molecule has 0 atom stereocenters. The number of rotatable bonds is 0. The van der Waals surface area contributed by atoms with Gasteiger partial charge in [0.05, 0.1) is 0 Å². The van der Waals surface area contributed by atoms with Gasteiger partial charge in [-0.2, -0.15) is 0 Å². The summed E-state index contributed by atoms with van der Waals surface area (Å²) < 4.78 is 0. The molecule has 0 heteroatoms. The molecular weight excluding hydrogens is 156 g/mol. The average Bonchev–Trinajstić information content (AvgIpc) is 1.79. The first-order valence-electron chi connectivity index (χ1n) is 5.46. The second-order valence-corrected chi connectivity index (χ2v) is 6.14. The minimum absolute atomic E-state index is 0.355. The summed E-state index contributed by atoms with van der Waals surface area (Å²) >= 11 is 0. The molecule has 0 aliphatic heterocycles. The van der Waals surface area contributed by atoms with Gasteiger partial charge >= 0.3 is 0 Å². The Kier molecular flexibility index (Phi) is 2.62. The summed E-state index contributed by atoms with van der Waals surface area (Å²) in [6, 6.07) is 0. The van der Waals surface area contributed by atoms with Gasteiger partial charge in [0.15, 0.2) is 0 Å². The molecule has 0 fully saturated rings. The van der Waals surface area contributed by atoms with Gasteiger partial charge < -0.3 is 0 Å². The molecule has 1 rings (SSSR count). The molecule has 0 radical (unpaired) electrons. The van der Waals surface area contributed by atoms with Crippen LogP contribution in [0.4, 0.5) is 0 Å². The lowest BCUT2D eigenvalue weighted by Crippen LogP contribution is -2.29. The van der Waals surface area contributed by atoms with E-state index in [2.05, 4.69) is 41.5 Å². The quantitative estimate of drug-likeness (QED) is 0.479. The van der Waals surface area contributed by atoms with Crippen molar-refractivity contribution in [2.45, 2.75) is 60.8 Å². The third-order valence-corrected chi connectivity index (χ3v) is 3.21.